The van der Waals surface area contributed by atoms with E-state index in [9.17, 15) is 10.2 Å². The Bertz CT molecular complexity index is 1230. The maximum absolute atomic E-state index is 10.6. The van der Waals surface area contributed by atoms with Crippen LogP contribution in [0.4, 0.5) is 0 Å². The van der Waals surface area contributed by atoms with Crippen LogP contribution in [0.15, 0.2) is 42.6 Å². The van der Waals surface area contributed by atoms with Gasteiger partial charge >= 0.3 is 0 Å². The van der Waals surface area contributed by atoms with Crippen LogP contribution in [0.25, 0.3) is 22.0 Å². The van der Waals surface area contributed by atoms with Gasteiger partial charge in [0.15, 0.2) is 0 Å². The zero-order chi connectivity index (χ0) is 28.4. The van der Waals surface area contributed by atoms with E-state index in [1.165, 1.54) is 28.3 Å². The van der Waals surface area contributed by atoms with E-state index in [1.54, 1.807) is 0 Å². The molecule has 221 valence electrons. The molecule has 40 heavy (non-hydrogen) atoms. The second kappa shape index (κ2) is 14.1. The van der Waals surface area contributed by atoms with Crippen molar-refractivity contribution in [3.8, 4) is 11.3 Å². The monoisotopic (exact) mass is 721 g/mol. The molecular formula is C36H50IrNO2-. The third kappa shape index (κ3) is 7.43. The average Bonchev–Trinajstić information content (AvgIpc) is 3.18. The van der Waals surface area contributed by atoms with Crippen molar-refractivity contribution >= 4 is 10.8 Å². The number of aliphatic hydroxyl groups excluding tert-OH is 2. The summed E-state index contributed by atoms with van der Waals surface area (Å²) in [5.41, 5.74) is 5.87. The van der Waals surface area contributed by atoms with E-state index in [0.717, 1.165) is 36.1 Å². The molecule has 1 heterocycles. The Hall–Kier alpha value is -1.58. The molecule has 4 unspecified atom stereocenters. The van der Waals surface area contributed by atoms with Crippen LogP contribution in [0.2, 0.25) is 0 Å². The minimum Gasteiger partial charge on any atom is -0.392 e. The Morgan fingerprint density at radius 2 is 1.65 bits per heavy atom. The van der Waals surface area contributed by atoms with Crippen molar-refractivity contribution < 1.29 is 30.3 Å². The van der Waals surface area contributed by atoms with E-state index in [4.69, 9.17) is 0 Å². The summed E-state index contributed by atoms with van der Waals surface area (Å²) < 4.78 is 0. The summed E-state index contributed by atoms with van der Waals surface area (Å²) >= 11 is 0. The number of rotatable bonds is 5. The molecule has 0 spiro atoms. The van der Waals surface area contributed by atoms with Crippen LogP contribution in [-0.2, 0) is 20.1 Å². The zero-order valence-corrected chi connectivity index (χ0v) is 28.1. The predicted octanol–water partition coefficient (Wildman–Crippen LogP) is 8.51. The molecule has 1 aromatic heterocycles. The molecule has 2 saturated carbocycles. The summed E-state index contributed by atoms with van der Waals surface area (Å²) in [6, 6.07) is 16.5. The van der Waals surface area contributed by atoms with Gasteiger partial charge in [0.05, 0.1) is 12.2 Å². The van der Waals surface area contributed by atoms with E-state index in [-0.39, 0.29) is 38.2 Å². The van der Waals surface area contributed by atoms with Crippen molar-refractivity contribution in [2.75, 3.05) is 0 Å². The molecule has 2 aliphatic carbocycles. The van der Waals surface area contributed by atoms with Crippen LogP contribution in [0.5, 0.6) is 0 Å². The van der Waals surface area contributed by atoms with Crippen molar-refractivity contribution in [1.82, 2.24) is 4.98 Å². The fourth-order valence-corrected chi connectivity index (χ4v) is 7.28. The van der Waals surface area contributed by atoms with Crippen molar-refractivity contribution in [1.29, 1.82) is 0 Å². The first-order valence-corrected chi connectivity index (χ1v) is 15.2. The minimum absolute atomic E-state index is 0. The molecule has 3 nitrogen and oxygen atoms in total. The molecule has 2 N–H and O–H groups in total. The van der Waals surface area contributed by atoms with Gasteiger partial charge in [0.1, 0.15) is 0 Å². The third-order valence-corrected chi connectivity index (χ3v) is 9.22. The van der Waals surface area contributed by atoms with Gasteiger partial charge in [-0.3, -0.25) is 0 Å². The summed E-state index contributed by atoms with van der Waals surface area (Å²) in [4.78, 5) is 4.63. The first kappa shape index (κ1) is 32.9. The number of hydrogen-bond acceptors (Lipinski definition) is 3. The van der Waals surface area contributed by atoms with Crippen molar-refractivity contribution in [3.63, 3.8) is 0 Å². The van der Waals surface area contributed by atoms with Crippen LogP contribution < -0.4 is 0 Å². The third-order valence-electron chi connectivity index (χ3n) is 9.22. The average molecular weight is 721 g/mol. The molecule has 2 aromatic carbocycles. The standard InChI is InChI=1S/C20H20N.C16H30O2.Ir/c1-13(2)17-6-5-16-7-8-21-20(19(16)12-17)18-10-14(3)9-15(4)11-18;1-9(2)7-12-8-11-5-6-13(10(3)4)16(18)14(11)15(12)17;/h5-10,12-13H,1-4H3;9-18H,5-8H2,1-4H3;/q-1;;/t;11?,12-,13-,14?,15?,16?;/m.1./s1. The maximum atomic E-state index is 10.6. The Balaban J connectivity index is 0.000000218. The minimum atomic E-state index is -0.282. The molecule has 6 atom stereocenters. The summed E-state index contributed by atoms with van der Waals surface area (Å²) in [6.07, 6.45) is 5.92. The van der Waals surface area contributed by atoms with Crippen LogP contribution in [-0.4, -0.2) is 27.4 Å². The Kier molecular flexibility index (Phi) is 11.6. The van der Waals surface area contributed by atoms with Gasteiger partial charge in [-0.05, 0) is 89.3 Å². The van der Waals surface area contributed by atoms with Gasteiger partial charge in [0.25, 0.3) is 0 Å². The number of hydrogen-bond donors (Lipinski definition) is 2. The SMILES string of the molecule is CC(C)C[C@@H]1CC2CC[C@H](C(C)C)C(O)C2C1O.Cc1[c-]c(-c2nccc3ccc(C(C)C)cc23)cc(C)c1.[Ir]. The predicted molar refractivity (Wildman–Crippen MR) is 164 cm³/mol. The fraction of sp³-hybridized carbons (Fsp3) is 0.583. The van der Waals surface area contributed by atoms with Gasteiger partial charge in [-0.25, -0.2) is 0 Å². The van der Waals surface area contributed by atoms with E-state index in [0.29, 0.717) is 35.5 Å². The van der Waals surface area contributed by atoms with E-state index in [1.807, 2.05) is 6.20 Å². The Labute approximate surface area is 256 Å². The molecule has 3 aromatic rings. The number of aryl methyl sites for hydroxylation is 2. The summed E-state index contributed by atoms with van der Waals surface area (Å²) in [6.45, 7) is 17.5. The molecule has 4 heteroatoms. The van der Waals surface area contributed by atoms with Crippen LogP contribution >= 0.6 is 0 Å². The molecule has 0 bridgehead atoms. The number of pyridine rings is 1. The molecule has 5 rings (SSSR count). The maximum Gasteiger partial charge on any atom is 0.0626 e. The largest absolute Gasteiger partial charge is 0.392 e. The Morgan fingerprint density at radius 1 is 0.925 bits per heavy atom. The van der Waals surface area contributed by atoms with Crippen molar-refractivity contribution in [2.24, 2.45) is 35.5 Å². The number of benzene rings is 2. The van der Waals surface area contributed by atoms with Crippen molar-refractivity contribution in [2.45, 2.75) is 99.2 Å². The molecule has 0 saturated heterocycles. The first-order valence-electron chi connectivity index (χ1n) is 15.2. The molecule has 2 aliphatic rings. The van der Waals surface area contributed by atoms with Crippen molar-refractivity contribution in [3.05, 3.63) is 65.4 Å². The number of aliphatic hydroxyl groups is 2. The van der Waals surface area contributed by atoms with Gasteiger partial charge < -0.3 is 15.2 Å². The molecule has 0 amide bonds. The molecule has 2 fully saturated rings. The van der Waals surface area contributed by atoms with Gasteiger partial charge in [-0.2, -0.15) is 0 Å². The van der Waals surface area contributed by atoms with Crippen LogP contribution in [0, 0.1) is 55.4 Å². The fourth-order valence-electron chi connectivity index (χ4n) is 7.28. The molecule has 0 aliphatic heterocycles. The van der Waals surface area contributed by atoms with Crippen LogP contribution in [0.1, 0.15) is 89.8 Å². The summed E-state index contributed by atoms with van der Waals surface area (Å²) in [5, 5.41) is 23.6. The van der Waals surface area contributed by atoms with Gasteiger partial charge in [-0.15, -0.1) is 34.9 Å². The second-order valence-corrected chi connectivity index (χ2v) is 13.5. The number of nitrogens with zero attached hydrogens (tertiary/aromatic N) is 1. The summed E-state index contributed by atoms with van der Waals surface area (Å²) in [7, 11) is 0. The summed E-state index contributed by atoms with van der Waals surface area (Å²) in [5.74, 6) is 3.20. The molecule has 1 radical (unpaired) electrons. The number of aromatic nitrogens is 1. The first-order chi connectivity index (χ1) is 18.5. The Morgan fingerprint density at radius 3 is 2.27 bits per heavy atom. The van der Waals surface area contributed by atoms with Gasteiger partial charge in [0, 0.05) is 32.2 Å². The molecular weight excluding hydrogens is 671 g/mol. The topological polar surface area (TPSA) is 53.4 Å². The van der Waals surface area contributed by atoms with Gasteiger partial charge in [0.2, 0.25) is 0 Å². The second-order valence-electron chi connectivity index (χ2n) is 13.5. The van der Waals surface area contributed by atoms with E-state index >= 15 is 0 Å². The quantitative estimate of drug-likeness (QED) is 0.260. The van der Waals surface area contributed by atoms with Gasteiger partial charge in [-0.1, -0.05) is 73.6 Å². The normalized spacial score (nSPS) is 26.0. The van der Waals surface area contributed by atoms with E-state index in [2.05, 4.69) is 103 Å². The van der Waals surface area contributed by atoms with E-state index < -0.39 is 0 Å². The zero-order valence-electron chi connectivity index (χ0n) is 25.7. The smallest absolute Gasteiger partial charge is 0.0626 e. The van der Waals surface area contributed by atoms with Crippen LogP contribution in [0.3, 0.4) is 0 Å². The number of fused-ring (bicyclic) bond motifs is 2.